The van der Waals surface area contributed by atoms with E-state index >= 15 is 0 Å². The fourth-order valence-electron chi connectivity index (χ4n) is 6.18. The summed E-state index contributed by atoms with van der Waals surface area (Å²) < 4.78 is 0. The number of halogens is 1. The second-order valence-corrected chi connectivity index (χ2v) is 9.91. The molecule has 162 valence electrons. The molecule has 2 aliphatic rings. The van der Waals surface area contributed by atoms with Crippen molar-refractivity contribution >= 4 is 22.5 Å². The Morgan fingerprint density at radius 2 is 1.88 bits per heavy atom. The summed E-state index contributed by atoms with van der Waals surface area (Å²) in [5.41, 5.74) is 6.47. The van der Waals surface area contributed by atoms with Gasteiger partial charge < -0.3 is 10.1 Å². The van der Waals surface area contributed by atoms with Crippen LogP contribution in [0, 0.1) is 5.92 Å². The number of phenolic OH excluding ortho intramolecular Hbond substituents is 1. The Labute approximate surface area is 193 Å². The first-order chi connectivity index (χ1) is 15.6. The van der Waals surface area contributed by atoms with Crippen LogP contribution in [-0.4, -0.2) is 28.1 Å². The SMILES string of the molecule is Oc1cccc([C@@]23CCN(Cc4ccccc4)CC2Cc2c([nH]c4cccc(Cl)c24)C3)c1. The van der Waals surface area contributed by atoms with Crippen LogP contribution in [0.5, 0.6) is 5.75 Å². The van der Waals surface area contributed by atoms with Gasteiger partial charge >= 0.3 is 0 Å². The first-order valence-corrected chi connectivity index (χ1v) is 11.8. The van der Waals surface area contributed by atoms with Crippen LogP contribution < -0.4 is 0 Å². The molecule has 4 heteroatoms. The maximum Gasteiger partial charge on any atom is 0.115 e. The number of nitrogens with zero attached hydrogens (tertiary/aromatic N) is 1. The lowest BCUT2D eigenvalue weighted by Gasteiger charge is -2.51. The molecule has 0 saturated carbocycles. The van der Waals surface area contributed by atoms with Crippen molar-refractivity contribution in [2.24, 2.45) is 5.92 Å². The zero-order valence-electron chi connectivity index (χ0n) is 18.0. The highest BCUT2D eigenvalue weighted by Gasteiger charge is 2.48. The Hall–Kier alpha value is -2.75. The summed E-state index contributed by atoms with van der Waals surface area (Å²) in [4.78, 5) is 6.29. The fraction of sp³-hybridized carbons (Fsp3) is 0.286. The van der Waals surface area contributed by atoms with Crippen molar-refractivity contribution in [1.82, 2.24) is 9.88 Å². The zero-order chi connectivity index (χ0) is 21.7. The number of piperidine rings is 1. The smallest absolute Gasteiger partial charge is 0.115 e. The summed E-state index contributed by atoms with van der Waals surface area (Å²) >= 11 is 6.66. The summed E-state index contributed by atoms with van der Waals surface area (Å²) in [7, 11) is 0. The minimum Gasteiger partial charge on any atom is -0.508 e. The zero-order valence-corrected chi connectivity index (χ0v) is 18.8. The molecule has 1 aliphatic carbocycles. The van der Waals surface area contributed by atoms with Gasteiger partial charge in [0.1, 0.15) is 5.75 Å². The molecular formula is C28H27ClN2O. The van der Waals surface area contributed by atoms with Crippen LogP contribution in [0.15, 0.2) is 72.8 Å². The van der Waals surface area contributed by atoms with Crippen molar-refractivity contribution in [3.05, 3.63) is 100 Å². The summed E-state index contributed by atoms with van der Waals surface area (Å²) in [6.45, 7) is 3.08. The normalized spacial score (nSPS) is 23.1. The summed E-state index contributed by atoms with van der Waals surface area (Å²) in [6, 6.07) is 24.9. The van der Waals surface area contributed by atoms with Gasteiger partial charge in [-0.2, -0.15) is 0 Å². The van der Waals surface area contributed by atoms with Crippen LogP contribution in [-0.2, 0) is 24.8 Å². The predicted molar refractivity (Wildman–Crippen MR) is 130 cm³/mol. The van der Waals surface area contributed by atoms with E-state index in [1.54, 1.807) is 6.07 Å². The van der Waals surface area contributed by atoms with Gasteiger partial charge in [-0.15, -0.1) is 0 Å². The van der Waals surface area contributed by atoms with E-state index in [-0.39, 0.29) is 5.41 Å². The molecule has 1 fully saturated rings. The van der Waals surface area contributed by atoms with Crippen molar-refractivity contribution in [1.29, 1.82) is 0 Å². The lowest BCUT2D eigenvalue weighted by Crippen LogP contribution is -2.53. The molecule has 1 aliphatic heterocycles. The second-order valence-electron chi connectivity index (χ2n) is 9.50. The molecule has 2 heterocycles. The third-order valence-electron chi connectivity index (χ3n) is 7.71. The lowest BCUT2D eigenvalue weighted by atomic mass is 9.58. The Morgan fingerprint density at radius 3 is 2.72 bits per heavy atom. The van der Waals surface area contributed by atoms with E-state index in [9.17, 15) is 5.11 Å². The van der Waals surface area contributed by atoms with Crippen LogP contribution in [0.1, 0.15) is 28.8 Å². The van der Waals surface area contributed by atoms with Crippen LogP contribution in [0.25, 0.3) is 10.9 Å². The number of likely N-dealkylation sites (tertiary alicyclic amines) is 1. The van der Waals surface area contributed by atoms with Crippen molar-refractivity contribution in [3.8, 4) is 5.75 Å². The summed E-state index contributed by atoms with van der Waals surface area (Å²) in [5.74, 6) is 0.817. The summed E-state index contributed by atoms with van der Waals surface area (Å²) in [5, 5.41) is 12.3. The van der Waals surface area contributed by atoms with Gasteiger partial charge in [0.05, 0.1) is 5.02 Å². The van der Waals surface area contributed by atoms with Crippen molar-refractivity contribution in [3.63, 3.8) is 0 Å². The number of aromatic nitrogens is 1. The minimum atomic E-state index is 0.0201. The third-order valence-corrected chi connectivity index (χ3v) is 8.03. The highest BCUT2D eigenvalue weighted by Crippen LogP contribution is 2.50. The first-order valence-electron chi connectivity index (χ1n) is 11.5. The Balaban J connectivity index is 1.42. The van der Waals surface area contributed by atoms with Crippen molar-refractivity contribution in [2.75, 3.05) is 13.1 Å². The molecule has 1 aromatic heterocycles. The fourth-order valence-corrected chi connectivity index (χ4v) is 6.47. The average molecular weight is 443 g/mol. The largest absolute Gasteiger partial charge is 0.508 e. The average Bonchev–Trinajstić information content (AvgIpc) is 3.16. The molecular weight excluding hydrogens is 416 g/mol. The molecule has 0 radical (unpaired) electrons. The number of rotatable bonds is 3. The molecule has 1 unspecified atom stereocenters. The van der Waals surface area contributed by atoms with Gasteiger partial charge in [-0.3, -0.25) is 4.90 Å². The molecule has 0 spiro atoms. The lowest BCUT2D eigenvalue weighted by molar-refractivity contribution is 0.0765. The molecule has 3 nitrogen and oxygen atoms in total. The van der Waals surface area contributed by atoms with E-state index < -0.39 is 0 Å². The molecule has 1 saturated heterocycles. The number of aromatic amines is 1. The molecule has 32 heavy (non-hydrogen) atoms. The van der Waals surface area contributed by atoms with Crippen LogP contribution >= 0.6 is 11.6 Å². The maximum atomic E-state index is 10.3. The van der Waals surface area contributed by atoms with Gasteiger partial charge in [0.25, 0.3) is 0 Å². The number of fused-ring (bicyclic) bond motifs is 4. The highest BCUT2D eigenvalue weighted by atomic mass is 35.5. The number of nitrogens with one attached hydrogen (secondary N) is 1. The van der Waals surface area contributed by atoms with E-state index in [0.717, 1.165) is 49.4 Å². The quantitative estimate of drug-likeness (QED) is 0.403. The van der Waals surface area contributed by atoms with Gasteiger partial charge in [0, 0.05) is 35.1 Å². The van der Waals surface area contributed by atoms with Gasteiger partial charge in [0.15, 0.2) is 0 Å². The number of hydrogen-bond acceptors (Lipinski definition) is 2. The Kier molecular flexibility index (Phi) is 4.78. The van der Waals surface area contributed by atoms with E-state index in [4.69, 9.17) is 11.6 Å². The number of hydrogen-bond donors (Lipinski definition) is 2. The third kappa shape index (κ3) is 3.23. The molecule has 0 amide bonds. The number of benzene rings is 3. The van der Waals surface area contributed by atoms with Gasteiger partial charge in [-0.05, 0) is 72.7 Å². The molecule has 0 bridgehead atoms. The minimum absolute atomic E-state index is 0.0201. The predicted octanol–water partition coefficient (Wildman–Crippen LogP) is 6.09. The molecule has 3 aromatic carbocycles. The van der Waals surface area contributed by atoms with Crippen molar-refractivity contribution < 1.29 is 5.11 Å². The monoisotopic (exact) mass is 442 g/mol. The Bertz CT molecular complexity index is 1280. The molecule has 4 aromatic rings. The molecule has 6 rings (SSSR count). The molecule has 2 atom stereocenters. The van der Waals surface area contributed by atoms with E-state index in [1.807, 2.05) is 24.3 Å². The number of aromatic hydroxyl groups is 1. The van der Waals surface area contributed by atoms with Gasteiger partial charge in [0.2, 0.25) is 0 Å². The first kappa shape index (κ1) is 19.9. The second kappa shape index (κ2) is 7.68. The van der Waals surface area contributed by atoms with Gasteiger partial charge in [-0.25, -0.2) is 0 Å². The van der Waals surface area contributed by atoms with E-state index in [2.05, 4.69) is 52.3 Å². The van der Waals surface area contributed by atoms with Crippen LogP contribution in [0.4, 0.5) is 0 Å². The summed E-state index contributed by atoms with van der Waals surface area (Å²) in [6.07, 6.45) is 3.04. The van der Waals surface area contributed by atoms with E-state index in [0.29, 0.717) is 11.7 Å². The standard InChI is InChI=1S/C28H27ClN2O/c29-24-10-5-11-25-27(24)23-15-21-18-31(17-19-6-2-1-3-7-19)13-12-28(21,16-26(23)30-25)20-8-4-9-22(32)14-20/h1-11,14,21,30,32H,12-13,15-18H2/t21?,28-/m0/s1. The topological polar surface area (TPSA) is 39.3 Å². The number of H-pyrrole nitrogens is 1. The van der Waals surface area contributed by atoms with Crippen LogP contribution in [0.3, 0.4) is 0 Å². The van der Waals surface area contributed by atoms with Crippen molar-refractivity contribution in [2.45, 2.75) is 31.2 Å². The van der Waals surface area contributed by atoms with Gasteiger partial charge in [-0.1, -0.05) is 60.1 Å². The van der Waals surface area contributed by atoms with E-state index in [1.165, 1.54) is 27.8 Å². The molecule has 2 N–H and O–H groups in total. The Morgan fingerprint density at radius 1 is 1.03 bits per heavy atom. The van der Waals surface area contributed by atoms with Crippen LogP contribution in [0.2, 0.25) is 5.02 Å². The highest BCUT2D eigenvalue weighted by molar-refractivity contribution is 6.35. The number of phenols is 1. The maximum absolute atomic E-state index is 10.3.